The van der Waals surface area contributed by atoms with E-state index in [9.17, 15) is 13.6 Å². The number of halogens is 2. The molecule has 1 atom stereocenters. The van der Waals surface area contributed by atoms with Gasteiger partial charge in [0, 0.05) is 12.6 Å². The highest BCUT2D eigenvalue weighted by atomic mass is 19.1. The molecule has 1 unspecified atom stereocenters. The fraction of sp³-hybridized carbons (Fsp3) is 0.316. The maximum Gasteiger partial charge on any atom is 0.315 e. The van der Waals surface area contributed by atoms with Gasteiger partial charge in [0.25, 0.3) is 0 Å². The van der Waals surface area contributed by atoms with Crippen LogP contribution in [0.25, 0.3) is 0 Å². The van der Waals surface area contributed by atoms with Crippen LogP contribution in [0, 0.1) is 11.6 Å². The number of hydrogen-bond donors (Lipinski definition) is 2. The SMILES string of the molecule is CCOc1ccc(C(C)NC(=O)NCCc2cc(F)cc(F)c2)cc1. The first-order chi connectivity index (χ1) is 12.0. The zero-order valence-corrected chi connectivity index (χ0v) is 14.3. The van der Waals surface area contributed by atoms with Crippen LogP contribution in [0.2, 0.25) is 0 Å². The Bertz CT molecular complexity index is 685. The Balaban J connectivity index is 1.79. The normalized spacial score (nSPS) is 11.7. The van der Waals surface area contributed by atoms with Crippen LogP contribution in [0.5, 0.6) is 5.75 Å². The van der Waals surface area contributed by atoms with E-state index in [1.807, 2.05) is 38.1 Å². The number of carbonyl (C=O) groups excluding carboxylic acids is 1. The molecule has 2 rings (SSSR count). The van der Waals surface area contributed by atoms with Crippen molar-refractivity contribution in [2.24, 2.45) is 0 Å². The molecule has 2 N–H and O–H groups in total. The predicted octanol–water partition coefficient (Wildman–Crippen LogP) is 3.97. The average molecular weight is 348 g/mol. The third-order valence-electron chi connectivity index (χ3n) is 3.66. The maximum atomic E-state index is 13.1. The second-order valence-corrected chi connectivity index (χ2v) is 5.65. The topological polar surface area (TPSA) is 50.4 Å². The second kappa shape index (κ2) is 9.01. The molecule has 0 aromatic heterocycles. The Morgan fingerprint density at radius 2 is 1.76 bits per heavy atom. The summed E-state index contributed by atoms with van der Waals surface area (Å²) in [7, 11) is 0. The Hall–Kier alpha value is -2.63. The summed E-state index contributed by atoms with van der Waals surface area (Å²) in [5, 5.41) is 5.50. The first-order valence-corrected chi connectivity index (χ1v) is 8.20. The molecule has 4 nitrogen and oxygen atoms in total. The van der Waals surface area contributed by atoms with Gasteiger partial charge in [0.05, 0.1) is 12.6 Å². The molecular weight excluding hydrogens is 326 g/mol. The fourth-order valence-corrected chi connectivity index (χ4v) is 2.43. The molecule has 2 aromatic rings. The van der Waals surface area contributed by atoms with E-state index in [0.717, 1.165) is 17.4 Å². The lowest BCUT2D eigenvalue weighted by Crippen LogP contribution is -2.38. The van der Waals surface area contributed by atoms with Crippen molar-refractivity contribution in [1.29, 1.82) is 0 Å². The van der Waals surface area contributed by atoms with Crippen molar-refractivity contribution in [3.05, 3.63) is 65.2 Å². The quantitative estimate of drug-likeness (QED) is 0.795. The smallest absolute Gasteiger partial charge is 0.315 e. The largest absolute Gasteiger partial charge is 0.494 e. The molecule has 0 bridgehead atoms. The van der Waals surface area contributed by atoms with Crippen molar-refractivity contribution in [2.75, 3.05) is 13.2 Å². The van der Waals surface area contributed by atoms with Gasteiger partial charge in [-0.25, -0.2) is 13.6 Å². The molecule has 0 heterocycles. The van der Waals surface area contributed by atoms with Crippen molar-refractivity contribution in [2.45, 2.75) is 26.3 Å². The number of benzene rings is 2. The third kappa shape index (κ3) is 6.06. The van der Waals surface area contributed by atoms with Crippen LogP contribution in [0.3, 0.4) is 0 Å². The van der Waals surface area contributed by atoms with Crippen LogP contribution < -0.4 is 15.4 Å². The van der Waals surface area contributed by atoms with Gasteiger partial charge in [0.1, 0.15) is 17.4 Å². The van der Waals surface area contributed by atoms with Crippen LogP contribution >= 0.6 is 0 Å². The zero-order chi connectivity index (χ0) is 18.2. The van der Waals surface area contributed by atoms with E-state index >= 15 is 0 Å². The molecule has 0 fully saturated rings. The van der Waals surface area contributed by atoms with E-state index in [0.29, 0.717) is 18.6 Å². The van der Waals surface area contributed by atoms with Crippen LogP contribution in [0.1, 0.15) is 31.0 Å². The summed E-state index contributed by atoms with van der Waals surface area (Å²) in [5.74, 6) is -0.461. The lowest BCUT2D eigenvalue weighted by Gasteiger charge is -2.15. The van der Waals surface area contributed by atoms with Crippen molar-refractivity contribution in [3.63, 3.8) is 0 Å². The predicted molar refractivity (Wildman–Crippen MR) is 92.6 cm³/mol. The minimum absolute atomic E-state index is 0.178. The molecule has 0 saturated heterocycles. The first-order valence-electron chi connectivity index (χ1n) is 8.20. The molecule has 134 valence electrons. The van der Waals surface area contributed by atoms with Crippen molar-refractivity contribution >= 4 is 6.03 Å². The van der Waals surface area contributed by atoms with Gasteiger partial charge in [-0.3, -0.25) is 0 Å². The van der Waals surface area contributed by atoms with Crippen LogP contribution in [-0.2, 0) is 6.42 Å². The van der Waals surface area contributed by atoms with Crippen LogP contribution in [-0.4, -0.2) is 19.2 Å². The highest BCUT2D eigenvalue weighted by Crippen LogP contribution is 2.17. The van der Waals surface area contributed by atoms with E-state index in [2.05, 4.69) is 10.6 Å². The fourth-order valence-electron chi connectivity index (χ4n) is 2.43. The van der Waals surface area contributed by atoms with Crippen molar-refractivity contribution < 1.29 is 18.3 Å². The van der Waals surface area contributed by atoms with Gasteiger partial charge >= 0.3 is 6.03 Å². The number of hydrogen-bond acceptors (Lipinski definition) is 2. The average Bonchev–Trinajstić information content (AvgIpc) is 2.55. The number of amides is 2. The number of rotatable bonds is 7. The Kier molecular flexibility index (Phi) is 6.74. The van der Waals surface area contributed by atoms with Gasteiger partial charge in [-0.15, -0.1) is 0 Å². The Morgan fingerprint density at radius 1 is 1.12 bits per heavy atom. The first kappa shape index (κ1) is 18.7. The van der Waals surface area contributed by atoms with Gasteiger partial charge in [-0.1, -0.05) is 12.1 Å². The molecule has 0 spiro atoms. The number of ether oxygens (including phenoxy) is 1. The van der Waals surface area contributed by atoms with Gasteiger partial charge in [-0.05, 0) is 55.7 Å². The van der Waals surface area contributed by atoms with Crippen LogP contribution in [0.15, 0.2) is 42.5 Å². The van der Waals surface area contributed by atoms with E-state index in [4.69, 9.17) is 4.74 Å². The molecule has 6 heteroatoms. The number of carbonyl (C=O) groups is 1. The Morgan fingerprint density at radius 3 is 2.36 bits per heavy atom. The highest BCUT2D eigenvalue weighted by molar-refractivity contribution is 5.74. The van der Waals surface area contributed by atoms with Gasteiger partial charge in [0.15, 0.2) is 0 Å². The number of nitrogens with one attached hydrogen (secondary N) is 2. The minimum atomic E-state index is -0.622. The molecule has 2 amide bonds. The van der Waals surface area contributed by atoms with E-state index in [1.165, 1.54) is 12.1 Å². The highest BCUT2D eigenvalue weighted by Gasteiger charge is 2.09. The number of urea groups is 1. The summed E-state index contributed by atoms with van der Waals surface area (Å²) in [6.07, 6.45) is 0.347. The molecule has 0 aliphatic carbocycles. The molecule has 0 aliphatic heterocycles. The summed E-state index contributed by atoms with van der Waals surface area (Å²) >= 11 is 0. The summed E-state index contributed by atoms with van der Waals surface area (Å²) in [4.78, 5) is 11.9. The second-order valence-electron chi connectivity index (χ2n) is 5.65. The lowest BCUT2D eigenvalue weighted by molar-refractivity contribution is 0.238. The monoisotopic (exact) mass is 348 g/mol. The zero-order valence-electron chi connectivity index (χ0n) is 14.3. The van der Waals surface area contributed by atoms with Gasteiger partial charge < -0.3 is 15.4 Å². The molecule has 0 aliphatic rings. The van der Waals surface area contributed by atoms with E-state index in [-0.39, 0.29) is 18.6 Å². The molecule has 0 saturated carbocycles. The molecule has 25 heavy (non-hydrogen) atoms. The summed E-state index contributed by atoms with van der Waals surface area (Å²) in [6, 6.07) is 10.3. The van der Waals surface area contributed by atoms with Crippen molar-refractivity contribution in [1.82, 2.24) is 10.6 Å². The lowest BCUT2D eigenvalue weighted by atomic mass is 10.1. The van der Waals surface area contributed by atoms with Crippen molar-refractivity contribution in [3.8, 4) is 5.75 Å². The summed E-state index contributed by atoms with van der Waals surface area (Å²) in [5.41, 5.74) is 1.45. The molecular formula is C19H22F2N2O2. The van der Waals surface area contributed by atoms with Gasteiger partial charge in [-0.2, -0.15) is 0 Å². The minimum Gasteiger partial charge on any atom is -0.494 e. The Labute approximate surface area is 146 Å². The van der Waals surface area contributed by atoms with Crippen LogP contribution in [0.4, 0.5) is 13.6 Å². The standard InChI is InChI=1S/C19H22F2N2O2/c1-3-25-18-6-4-15(5-7-18)13(2)23-19(24)22-9-8-14-10-16(20)12-17(21)11-14/h4-7,10-13H,3,8-9H2,1-2H3,(H2,22,23,24). The molecule has 0 radical (unpaired) electrons. The van der Waals surface area contributed by atoms with E-state index in [1.54, 1.807) is 0 Å². The van der Waals surface area contributed by atoms with E-state index < -0.39 is 11.6 Å². The summed E-state index contributed by atoms with van der Waals surface area (Å²) < 4.78 is 31.6. The third-order valence-corrected chi connectivity index (χ3v) is 3.66. The molecule has 2 aromatic carbocycles. The summed E-state index contributed by atoms with van der Waals surface area (Å²) in [6.45, 7) is 4.67. The maximum absolute atomic E-state index is 13.1. The van der Waals surface area contributed by atoms with Gasteiger partial charge in [0.2, 0.25) is 0 Å².